The second kappa shape index (κ2) is 6.44. The molecule has 2 rings (SSSR count). The normalized spacial score (nSPS) is 9.95. The molecule has 1 N–H and O–H groups in total. The second-order valence-corrected chi connectivity index (χ2v) is 3.79. The molecule has 2 aromatic rings. The van der Waals surface area contributed by atoms with Crippen molar-refractivity contribution in [2.75, 3.05) is 19.0 Å². The third-order valence-electron chi connectivity index (χ3n) is 2.49. The summed E-state index contributed by atoms with van der Waals surface area (Å²) in [5.41, 5.74) is 1.86. The van der Waals surface area contributed by atoms with Crippen LogP contribution in [0.25, 0.3) is 11.1 Å². The van der Waals surface area contributed by atoms with Crippen LogP contribution in [-0.2, 0) is 9.53 Å². The summed E-state index contributed by atoms with van der Waals surface area (Å²) in [6.07, 6.45) is 7.18. The number of aromatic nitrogens is 3. The molecule has 0 aliphatic heterocycles. The number of pyridine rings is 1. The lowest BCUT2D eigenvalue weighted by atomic mass is 10.2. The van der Waals surface area contributed by atoms with Crippen LogP contribution in [0.4, 0.5) is 5.95 Å². The number of carbonyl (C=O) groups excluding carboxylic acids is 1. The Balaban J connectivity index is 1.94. The monoisotopic (exact) mass is 258 g/mol. The molecule has 2 heterocycles. The molecular weight excluding hydrogens is 244 g/mol. The number of hydrogen-bond acceptors (Lipinski definition) is 6. The third kappa shape index (κ3) is 3.74. The Hall–Kier alpha value is -2.50. The molecule has 0 spiro atoms. The maximum absolute atomic E-state index is 10.9. The van der Waals surface area contributed by atoms with Crippen molar-refractivity contribution in [3.63, 3.8) is 0 Å². The topological polar surface area (TPSA) is 77.0 Å². The summed E-state index contributed by atoms with van der Waals surface area (Å²) in [5, 5.41) is 2.95. The third-order valence-corrected chi connectivity index (χ3v) is 2.49. The zero-order valence-electron chi connectivity index (χ0n) is 10.5. The summed E-state index contributed by atoms with van der Waals surface area (Å²) < 4.78 is 4.54. The van der Waals surface area contributed by atoms with E-state index in [9.17, 15) is 4.79 Å². The van der Waals surface area contributed by atoms with Gasteiger partial charge in [0.15, 0.2) is 0 Å². The van der Waals surface area contributed by atoms with E-state index in [2.05, 4.69) is 25.0 Å². The number of esters is 1. The number of rotatable bonds is 5. The number of nitrogens with zero attached hydrogens (tertiary/aromatic N) is 3. The first-order valence-corrected chi connectivity index (χ1v) is 5.82. The molecule has 6 heteroatoms. The summed E-state index contributed by atoms with van der Waals surface area (Å²) in [6.45, 7) is 0.443. The zero-order valence-corrected chi connectivity index (χ0v) is 10.5. The molecule has 0 aliphatic rings. The Morgan fingerprint density at radius 3 is 2.68 bits per heavy atom. The maximum atomic E-state index is 10.9. The van der Waals surface area contributed by atoms with Gasteiger partial charge >= 0.3 is 5.97 Å². The standard InChI is InChI=1S/C13H14N4O2/c1-19-12(18)4-6-15-13-16-8-11(9-17-13)10-3-2-5-14-7-10/h2-3,5,7-9H,4,6H2,1H3,(H,15,16,17). The smallest absolute Gasteiger partial charge is 0.307 e. The van der Waals surface area contributed by atoms with Gasteiger partial charge in [-0.15, -0.1) is 0 Å². The van der Waals surface area contributed by atoms with Crippen LogP contribution in [-0.4, -0.2) is 34.6 Å². The molecular formula is C13H14N4O2. The van der Waals surface area contributed by atoms with Gasteiger partial charge in [-0.3, -0.25) is 9.78 Å². The Morgan fingerprint density at radius 1 is 1.26 bits per heavy atom. The van der Waals surface area contributed by atoms with Gasteiger partial charge in [0, 0.05) is 42.5 Å². The minimum absolute atomic E-state index is 0.264. The van der Waals surface area contributed by atoms with Crippen molar-refractivity contribution in [3.05, 3.63) is 36.9 Å². The number of ether oxygens (including phenoxy) is 1. The van der Waals surface area contributed by atoms with Crippen molar-refractivity contribution in [3.8, 4) is 11.1 Å². The molecule has 6 nitrogen and oxygen atoms in total. The van der Waals surface area contributed by atoms with Crippen LogP contribution >= 0.6 is 0 Å². The Bertz CT molecular complexity index is 528. The average Bonchev–Trinajstić information content (AvgIpc) is 2.48. The molecule has 0 aliphatic carbocycles. The first kappa shape index (κ1) is 12.9. The Labute approximate surface area is 110 Å². The van der Waals surface area contributed by atoms with Crippen LogP contribution in [0.15, 0.2) is 36.9 Å². The van der Waals surface area contributed by atoms with Crippen molar-refractivity contribution in [1.29, 1.82) is 0 Å². The van der Waals surface area contributed by atoms with Crippen molar-refractivity contribution < 1.29 is 9.53 Å². The summed E-state index contributed by atoms with van der Waals surface area (Å²) in [4.78, 5) is 23.3. The number of hydrogen-bond donors (Lipinski definition) is 1. The van der Waals surface area contributed by atoms with Gasteiger partial charge in [0.1, 0.15) is 0 Å². The molecule has 0 aromatic carbocycles. The fourth-order valence-electron chi connectivity index (χ4n) is 1.48. The fourth-order valence-corrected chi connectivity index (χ4v) is 1.48. The zero-order chi connectivity index (χ0) is 13.5. The SMILES string of the molecule is COC(=O)CCNc1ncc(-c2cccnc2)cn1. The highest BCUT2D eigenvalue weighted by atomic mass is 16.5. The van der Waals surface area contributed by atoms with E-state index >= 15 is 0 Å². The minimum Gasteiger partial charge on any atom is -0.469 e. The van der Waals surface area contributed by atoms with E-state index < -0.39 is 0 Å². The molecule has 0 radical (unpaired) electrons. The van der Waals surface area contributed by atoms with Crippen molar-refractivity contribution >= 4 is 11.9 Å². The highest BCUT2D eigenvalue weighted by Crippen LogP contribution is 2.15. The highest BCUT2D eigenvalue weighted by Gasteiger charge is 2.02. The lowest BCUT2D eigenvalue weighted by Gasteiger charge is -2.04. The minimum atomic E-state index is -0.264. The van der Waals surface area contributed by atoms with Crippen LogP contribution in [0.5, 0.6) is 0 Å². The van der Waals surface area contributed by atoms with Gasteiger partial charge in [0.25, 0.3) is 0 Å². The summed E-state index contributed by atoms with van der Waals surface area (Å²) in [5.74, 6) is 0.219. The molecule has 0 bridgehead atoms. The Morgan fingerprint density at radius 2 is 2.05 bits per heavy atom. The van der Waals surface area contributed by atoms with Crippen LogP contribution < -0.4 is 5.32 Å². The summed E-state index contributed by atoms with van der Waals surface area (Å²) in [7, 11) is 1.36. The molecule has 19 heavy (non-hydrogen) atoms. The average molecular weight is 258 g/mol. The van der Waals surface area contributed by atoms with Gasteiger partial charge < -0.3 is 10.1 Å². The number of anilines is 1. The van der Waals surface area contributed by atoms with Gasteiger partial charge in [0.05, 0.1) is 13.5 Å². The molecule has 0 fully saturated rings. The number of carbonyl (C=O) groups is 1. The molecule has 0 atom stereocenters. The molecule has 0 saturated heterocycles. The molecule has 0 amide bonds. The molecule has 2 aromatic heterocycles. The van der Waals surface area contributed by atoms with Crippen molar-refractivity contribution in [2.24, 2.45) is 0 Å². The summed E-state index contributed by atoms with van der Waals surface area (Å²) >= 11 is 0. The van der Waals surface area contributed by atoms with E-state index in [0.29, 0.717) is 12.5 Å². The number of methoxy groups -OCH3 is 1. The van der Waals surface area contributed by atoms with Gasteiger partial charge in [-0.1, -0.05) is 6.07 Å². The van der Waals surface area contributed by atoms with Crippen molar-refractivity contribution in [2.45, 2.75) is 6.42 Å². The molecule has 0 saturated carbocycles. The van der Waals surface area contributed by atoms with E-state index in [1.165, 1.54) is 7.11 Å². The predicted molar refractivity (Wildman–Crippen MR) is 70.4 cm³/mol. The number of nitrogens with one attached hydrogen (secondary N) is 1. The van der Waals surface area contributed by atoms with Gasteiger partial charge in [-0.05, 0) is 6.07 Å². The second-order valence-electron chi connectivity index (χ2n) is 3.79. The van der Waals surface area contributed by atoms with Crippen LogP contribution in [0.1, 0.15) is 6.42 Å². The van der Waals surface area contributed by atoms with Gasteiger partial charge in [0.2, 0.25) is 5.95 Å². The van der Waals surface area contributed by atoms with Crippen molar-refractivity contribution in [1.82, 2.24) is 15.0 Å². The predicted octanol–water partition coefficient (Wildman–Crippen LogP) is 1.51. The fraction of sp³-hybridized carbons (Fsp3) is 0.231. The van der Waals surface area contributed by atoms with E-state index in [1.54, 1.807) is 24.8 Å². The maximum Gasteiger partial charge on any atom is 0.307 e. The largest absolute Gasteiger partial charge is 0.469 e. The first-order chi connectivity index (χ1) is 9.29. The quantitative estimate of drug-likeness (QED) is 0.819. The van der Waals surface area contributed by atoms with E-state index in [4.69, 9.17) is 0 Å². The first-order valence-electron chi connectivity index (χ1n) is 5.82. The van der Waals surface area contributed by atoms with Gasteiger partial charge in [-0.25, -0.2) is 9.97 Å². The molecule has 98 valence electrons. The van der Waals surface area contributed by atoms with Crippen LogP contribution in [0.2, 0.25) is 0 Å². The van der Waals surface area contributed by atoms with E-state index in [1.807, 2.05) is 12.1 Å². The lowest BCUT2D eigenvalue weighted by molar-refractivity contribution is -0.140. The molecule has 0 unspecified atom stereocenters. The van der Waals surface area contributed by atoms with Crippen LogP contribution in [0.3, 0.4) is 0 Å². The Kier molecular flexibility index (Phi) is 4.39. The highest BCUT2D eigenvalue weighted by molar-refractivity contribution is 5.69. The van der Waals surface area contributed by atoms with E-state index in [-0.39, 0.29) is 12.4 Å². The van der Waals surface area contributed by atoms with Gasteiger partial charge in [-0.2, -0.15) is 0 Å². The van der Waals surface area contributed by atoms with E-state index in [0.717, 1.165) is 11.1 Å². The van der Waals surface area contributed by atoms with Crippen LogP contribution in [0, 0.1) is 0 Å². The lowest BCUT2D eigenvalue weighted by Crippen LogP contribution is -2.11. The summed E-state index contributed by atoms with van der Waals surface area (Å²) in [6, 6.07) is 3.80.